The van der Waals surface area contributed by atoms with Crippen molar-refractivity contribution in [2.75, 3.05) is 11.9 Å². The molecule has 5 heteroatoms. The van der Waals surface area contributed by atoms with Gasteiger partial charge < -0.3 is 10.6 Å². The third-order valence-corrected chi connectivity index (χ3v) is 2.94. The van der Waals surface area contributed by atoms with Gasteiger partial charge in [-0.3, -0.25) is 4.79 Å². The number of anilines is 1. The van der Waals surface area contributed by atoms with Crippen molar-refractivity contribution in [2.45, 2.75) is 25.8 Å². The molecule has 1 heterocycles. The Balaban J connectivity index is 1.85. The molecule has 2 N–H and O–H groups in total. The lowest BCUT2D eigenvalue weighted by Gasteiger charge is -2.08. The second-order valence-corrected chi connectivity index (χ2v) is 4.89. The number of aromatic nitrogens is 1. The zero-order chi connectivity index (χ0) is 11.5. The van der Waals surface area contributed by atoms with E-state index in [1.165, 1.54) is 0 Å². The highest BCUT2D eigenvalue weighted by Crippen LogP contribution is 2.20. The first kappa shape index (κ1) is 11.4. The monoisotopic (exact) mass is 283 g/mol. The van der Waals surface area contributed by atoms with Gasteiger partial charge in [0, 0.05) is 12.2 Å². The summed E-state index contributed by atoms with van der Waals surface area (Å²) in [6.45, 7) is 2.24. The predicted molar refractivity (Wildman–Crippen MR) is 66.3 cm³/mol. The number of hydrogen-bond acceptors (Lipinski definition) is 3. The lowest BCUT2D eigenvalue weighted by molar-refractivity contribution is -0.119. The third kappa shape index (κ3) is 3.20. The normalized spacial score (nSPS) is 14.6. The Hall–Kier alpha value is -1.10. The van der Waals surface area contributed by atoms with Crippen LogP contribution in [0.25, 0.3) is 0 Å². The summed E-state index contributed by atoms with van der Waals surface area (Å²) in [5.41, 5.74) is 1.08. The van der Waals surface area contributed by atoms with E-state index in [1.54, 1.807) is 6.20 Å². The molecule has 0 atom stereocenters. The standard InChI is InChI=1S/C11H14BrN3O/c1-7-4-9(12)11(13-5-7)14-6-10(16)15-8-2-3-8/h4-5,8H,2-3,6H2,1H3,(H,13,14)(H,15,16). The molecule has 1 fully saturated rings. The molecule has 1 aliphatic rings. The van der Waals surface area contributed by atoms with Crippen molar-refractivity contribution >= 4 is 27.7 Å². The molecule has 16 heavy (non-hydrogen) atoms. The zero-order valence-corrected chi connectivity index (χ0v) is 10.7. The fourth-order valence-electron chi connectivity index (χ4n) is 1.33. The number of carbonyl (C=O) groups is 1. The Morgan fingerprint density at radius 1 is 1.62 bits per heavy atom. The molecule has 0 radical (unpaired) electrons. The average Bonchev–Trinajstić information content (AvgIpc) is 3.00. The summed E-state index contributed by atoms with van der Waals surface area (Å²) in [6, 6.07) is 2.37. The van der Waals surface area contributed by atoms with E-state index in [0.717, 1.165) is 22.9 Å². The lowest BCUT2D eigenvalue weighted by atomic mass is 10.3. The maximum Gasteiger partial charge on any atom is 0.239 e. The minimum Gasteiger partial charge on any atom is -0.360 e. The molecule has 1 aliphatic carbocycles. The van der Waals surface area contributed by atoms with Gasteiger partial charge in [0.25, 0.3) is 0 Å². The minimum atomic E-state index is 0.0248. The van der Waals surface area contributed by atoms with Crippen molar-refractivity contribution < 1.29 is 4.79 Å². The van der Waals surface area contributed by atoms with Crippen LogP contribution in [0.5, 0.6) is 0 Å². The first-order chi connectivity index (χ1) is 7.65. The highest BCUT2D eigenvalue weighted by molar-refractivity contribution is 9.10. The molecule has 1 saturated carbocycles. The molecule has 1 aromatic rings. The molecule has 0 bridgehead atoms. The number of pyridine rings is 1. The Bertz CT molecular complexity index is 404. The van der Waals surface area contributed by atoms with E-state index in [1.807, 2.05) is 13.0 Å². The Labute approximate surface area is 103 Å². The molecule has 1 amide bonds. The van der Waals surface area contributed by atoms with Crippen molar-refractivity contribution in [3.05, 3.63) is 22.3 Å². The van der Waals surface area contributed by atoms with Gasteiger partial charge >= 0.3 is 0 Å². The summed E-state index contributed by atoms with van der Waals surface area (Å²) in [5, 5.41) is 5.91. The molecule has 4 nitrogen and oxygen atoms in total. The number of hydrogen-bond donors (Lipinski definition) is 2. The van der Waals surface area contributed by atoms with E-state index >= 15 is 0 Å². The van der Waals surface area contributed by atoms with Crippen LogP contribution >= 0.6 is 15.9 Å². The van der Waals surface area contributed by atoms with Crippen LogP contribution in [-0.4, -0.2) is 23.5 Å². The van der Waals surface area contributed by atoms with E-state index in [0.29, 0.717) is 11.9 Å². The van der Waals surface area contributed by atoms with Gasteiger partial charge in [0.1, 0.15) is 5.82 Å². The maximum absolute atomic E-state index is 11.4. The lowest BCUT2D eigenvalue weighted by Crippen LogP contribution is -2.31. The molecule has 0 saturated heterocycles. The first-order valence-corrected chi connectivity index (χ1v) is 6.10. The van der Waals surface area contributed by atoms with Crippen molar-refractivity contribution in [1.29, 1.82) is 0 Å². The SMILES string of the molecule is Cc1cnc(NCC(=O)NC2CC2)c(Br)c1. The number of amides is 1. The van der Waals surface area contributed by atoms with Gasteiger partial charge in [-0.25, -0.2) is 4.98 Å². The number of rotatable bonds is 4. The van der Waals surface area contributed by atoms with Gasteiger partial charge in [-0.1, -0.05) is 0 Å². The number of nitrogens with zero attached hydrogens (tertiary/aromatic N) is 1. The molecular formula is C11H14BrN3O. The van der Waals surface area contributed by atoms with Crippen LogP contribution in [0.2, 0.25) is 0 Å². The first-order valence-electron chi connectivity index (χ1n) is 5.30. The summed E-state index contributed by atoms with van der Waals surface area (Å²) >= 11 is 3.40. The predicted octanol–water partition coefficient (Wildman–Crippen LogP) is 1.84. The third-order valence-electron chi connectivity index (χ3n) is 2.34. The molecule has 0 aromatic carbocycles. The van der Waals surface area contributed by atoms with Gasteiger partial charge in [-0.05, 0) is 47.3 Å². The van der Waals surface area contributed by atoms with Crippen LogP contribution in [0.4, 0.5) is 5.82 Å². The Morgan fingerprint density at radius 3 is 3.00 bits per heavy atom. The van der Waals surface area contributed by atoms with Crippen molar-refractivity contribution in [2.24, 2.45) is 0 Å². The topological polar surface area (TPSA) is 54.0 Å². The van der Waals surface area contributed by atoms with Crippen LogP contribution in [0.15, 0.2) is 16.7 Å². The quantitative estimate of drug-likeness (QED) is 0.887. The number of halogens is 1. The van der Waals surface area contributed by atoms with E-state index in [9.17, 15) is 4.79 Å². The van der Waals surface area contributed by atoms with E-state index in [2.05, 4.69) is 31.5 Å². The van der Waals surface area contributed by atoms with Gasteiger partial charge in [0.2, 0.25) is 5.91 Å². The molecule has 0 aliphatic heterocycles. The Morgan fingerprint density at radius 2 is 2.38 bits per heavy atom. The molecule has 1 aromatic heterocycles. The summed E-state index contributed by atoms with van der Waals surface area (Å²) in [6.07, 6.45) is 3.99. The van der Waals surface area contributed by atoms with Crippen LogP contribution in [0.1, 0.15) is 18.4 Å². The second-order valence-electron chi connectivity index (χ2n) is 4.04. The van der Waals surface area contributed by atoms with Gasteiger partial charge in [0.15, 0.2) is 0 Å². The van der Waals surface area contributed by atoms with Crippen LogP contribution in [0, 0.1) is 6.92 Å². The smallest absolute Gasteiger partial charge is 0.239 e. The molecule has 0 spiro atoms. The largest absolute Gasteiger partial charge is 0.360 e. The highest BCUT2D eigenvalue weighted by Gasteiger charge is 2.22. The number of aryl methyl sites for hydroxylation is 1. The van der Waals surface area contributed by atoms with Crippen molar-refractivity contribution in [3.8, 4) is 0 Å². The van der Waals surface area contributed by atoms with Crippen molar-refractivity contribution in [1.82, 2.24) is 10.3 Å². The van der Waals surface area contributed by atoms with Gasteiger partial charge in [-0.15, -0.1) is 0 Å². The average molecular weight is 284 g/mol. The summed E-state index contributed by atoms with van der Waals surface area (Å²) in [4.78, 5) is 15.6. The number of carbonyl (C=O) groups excluding carboxylic acids is 1. The van der Waals surface area contributed by atoms with Crippen LogP contribution < -0.4 is 10.6 Å². The Kier molecular flexibility index (Phi) is 3.43. The molecule has 86 valence electrons. The molecule has 2 rings (SSSR count). The van der Waals surface area contributed by atoms with Gasteiger partial charge in [-0.2, -0.15) is 0 Å². The zero-order valence-electron chi connectivity index (χ0n) is 9.09. The summed E-state index contributed by atoms with van der Waals surface area (Å²) in [5.74, 6) is 0.730. The maximum atomic E-state index is 11.4. The minimum absolute atomic E-state index is 0.0248. The van der Waals surface area contributed by atoms with Crippen LogP contribution in [0.3, 0.4) is 0 Å². The van der Waals surface area contributed by atoms with Gasteiger partial charge in [0.05, 0.1) is 11.0 Å². The molecular weight excluding hydrogens is 270 g/mol. The summed E-state index contributed by atoms with van der Waals surface area (Å²) < 4.78 is 0.881. The van der Waals surface area contributed by atoms with Crippen LogP contribution in [-0.2, 0) is 4.79 Å². The fourth-order valence-corrected chi connectivity index (χ4v) is 1.94. The van der Waals surface area contributed by atoms with E-state index < -0.39 is 0 Å². The second kappa shape index (κ2) is 4.82. The molecule has 0 unspecified atom stereocenters. The number of nitrogens with one attached hydrogen (secondary N) is 2. The van der Waals surface area contributed by atoms with E-state index in [-0.39, 0.29) is 12.5 Å². The van der Waals surface area contributed by atoms with Crippen molar-refractivity contribution in [3.63, 3.8) is 0 Å². The van der Waals surface area contributed by atoms with E-state index in [4.69, 9.17) is 0 Å². The highest BCUT2D eigenvalue weighted by atomic mass is 79.9. The summed E-state index contributed by atoms with van der Waals surface area (Å²) in [7, 11) is 0. The fraction of sp³-hybridized carbons (Fsp3) is 0.455.